The van der Waals surface area contributed by atoms with Crippen molar-refractivity contribution in [3.63, 3.8) is 0 Å². The molecule has 38 heavy (non-hydrogen) atoms. The van der Waals surface area contributed by atoms with Gasteiger partial charge in [0.1, 0.15) is 49.3 Å². The summed E-state index contributed by atoms with van der Waals surface area (Å²) in [5.74, 6) is -1.29. The van der Waals surface area contributed by atoms with E-state index in [4.69, 9.17) is 15.3 Å². The number of nitrogens with two attached hydrogens (primary N) is 1. The summed E-state index contributed by atoms with van der Waals surface area (Å²) in [4.78, 5) is 49.7. The van der Waals surface area contributed by atoms with Gasteiger partial charge in [0.15, 0.2) is 5.13 Å². The number of carbonyl (C=O) groups excluding carboxylic acids is 2. The Morgan fingerprint density at radius 2 is 2.24 bits per heavy atom. The number of oxime groups is 1. The fourth-order valence-electron chi connectivity index (χ4n) is 4.23. The van der Waals surface area contributed by atoms with Gasteiger partial charge in [-0.15, -0.1) is 11.8 Å². The van der Waals surface area contributed by atoms with Crippen LogP contribution in [0.25, 0.3) is 4.83 Å². The Bertz CT molecular complexity index is 1480. The number of ether oxygens (including phenoxy) is 1. The van der Waals surface area contributed by atoms with Gasteiger partial charge in [-0.05, 0) is 6.92 Å². The van der Waals surface area contributed by atoms with Gasteiger partial charge < -0.3 is 25.7 Å². The van der Waals surface area contributed by atoms with Crippen molar-refractivity contribution in [3.8, 4) is 0 Å². The minimum Gasteiger partial charge on any atom is -0.477 e. The van der Waals surface area contributed by atoms with Crippen LogP contribution in [0.1, 0.15) is 18.6 Å². The molecule has 3 aromatic rings. The van der Waals surface area contributed by atoms with E-state index in [1.54, 1.807) is 25.4 Å². The fraction of sp³-hybridized carbons (Fsp3) is 0.381. The number of fused-ring (bicyclic) bond motifs is 2. The number of amides is 2. The summed E-state index contributed by atoms with van der Waals surface area (Å²) in [6.45, 7) is 2.50. The molecule has 14 nitrogen and oxygen atoms in total. The molecule has 2 aliphatic heterocycles. The number of aliphatic carboxylic acids is 1. The van der Waals surface area contributed by atoms with Crippen molar-refractivity contribution < 1.29 is 33.6 Å². The summed E-state index contributed by atoms with van der Waals surface area (Å²) in [6, 6.07) is -0.956. The normalized spacial score (nSPS) is 19.5. The van der Waals surface area contributed by atoms with Gasteiger partial charge in [-0.2, -0.15) is 13.8 Å². The number of thiazole rings is 1. The van der Waals surface area contributed by atoms with E-state index in [9.17, 15) is 19.5 Å². The van der Waals surface area contributed by atoms with E-state index in [0.717, 1.165) is 22.2 Å². The second kappa shape index (κ2) is 10.7. The topological polar surface area (TPSA) is 178 Å². The molecule has 2 aliphatic rings. The average Bonchev–Trinajstić information content (AvgIpc) is 3.60. The standard InChI is InChI=1S/C21H22N8O6S3/c1-3-35-25-13(16-24-21(22)38-26-16)17(30)23-14-18(31)29-15(20(32)33)10(9-37-19(14)29)6-27-7-12-28(4-5-36-12)11(27)8-34-2/h4-5,7,14,19H,3,6,8-9H2,1-2H3,(H3-,22,23,24,26,30,32,33)/p+1/b25-13-/t14-,19-/m1/s1. The van der Waals surface area contributed by atoms with Crippen LogP contribution in [0, 0.1) is 0 Å². The molecule has 17 heteroatoms. The molecular formula is C21H23N8O6S3+. The van der Waals surface area contributed by atoms with Gasteiger partial charge in [0.2, 0.25) is 16.4 Å². The van der Waals surface area contributed by atoms with Crippen molar-refractivity contribution in [1.29, 1.82) is 0 Å². The number of methoxy groups -OCH3 is 1. The minimum absolute atomic E-state index is 0.0249. The molecule has 2 amide bonds. The van der Waals surface area contributed by atoms with Crippen LogP contribution in [0.2, 0.25) is 0 Å². The van der Waals surface area contributed by atoms with Gasteiger partial charge >= 0.3 is 5.97 Å². The summed E-state index contributed by atoms with van der Waals surface area (Å²) in [6.07, 6.45) is 3.86. The molecule has 2 atom stereocenters. The van der Waals surface area contributed by atoms with E-state index in [1.165, 1.54) is 16.7 Å². The molecule has 0 bridgehead atoms. The first-order chi connectivity index (χ1) is 18.3. The van der Waals surface area contributed by atoms with Crippen LogP contribution in [0.3, 0.4) is 0 Å². The molecule has 5 heterocycles. The number of rotatable bonds is 10. The highest BCUT2D eigenvalue weighted by atomic mass is 32.2. The van der Waals surface area contributed by atoms with Gasteiger partial charge in [0.05, 0.1) is 0 Å². The number of carboxylic acid groups (broad SMARTS) is 1. The average molecular weight is 580 g/mol. The number of imidazole rings is 1. The van der Waals surface area contributed by atoms with E-state index in [0.29, 0.717) is 17.9 Å². The lowest BCUT2D eigenvalue weighted by atomic mass is 10.0. The van der Waals surface area contributed by atoms with Crippen molar-refractivity contribution in [2.24, 2.45) is 5.16 Å². The number of carbonyl (C=O) groups is 3. The highest BCUT2D eigenvalue weighted by Gasteiger charge is 2.54. The Balaban J connectivity index is 1.37. The highest BCUT2D eigenvalue weighted by Crippen LogP contribution is 2.40. The molecule has 1 fully saturated rings. The Morgan fingerprint density at radius 3 is 2.92 bits per heavy atom. The Hall–Kier alpha value is -3.54. The second-order valence-corrected chi connectivity index (χ2v) is 11.0. The molecule has 3 aromatic heterocycles. The van der Waals surface area contributed by atoms with Crippen LogP contribution in [-0.2, 0) is 37.1 Å². The molecule has 0 radical (unpaired) electrons. The lowest BCUT2D eigenvalue weighted by molar-refractivity contribution is -0.696. The van der Waals surface area contributed by atoms with E-state index in [1.807, 2.05) is 26.7 Å². The third-order valence-electron chi connectivity index (χ3n) is 5.84. The van der Waals surface area contributed by atoms with Crippen molar-refractivity contribution in [2.45, 2.75) is 31.5 Å². The number of thioether (sulfide) groups is 1. The van der Waals surface area contributed by atoms with Crippen molar-refractivity contribution in [2.75, 3.05) is 25.2 Å². The predicted octanol–water partition coefficient (Wildman–Crippen LogP) is 0.0478. The number of hydrogen-bond acceptors (Lipinski definition) is 12. The Labute approximate surface area is 227 Å². The Kier molecular flexibility index (Phi) is 7.33. The molecule has 0 unspecified atom stereocenters. The molecule has 0 saturated carbocycles. The minimum atomic E-state index is -1.21. The smallest absolute Gasteiger partial charge is 0.352 e. The Morgan fingerprint density at radius 1 is 1.42 bits per heavy atom. The number of aromatic nitrogens is 4. The van der Waals surface area contributed by atoms with Gasteiger partial charge in [0, 0.05) is 35.3 Å². The summed E-state index contributed by atoms with van der Waals surface area (Å²) in [5, 5.41) is 18.0. The zero-order valence-corrected chi connectivity index (χ0v) is 22.6. The van der Waals surface area contributed by atoms with E-state index in [2.05, 4.69) is 19.8 Å². The van der Waals surface area contributed by atoms with E-state index >= 15 is 0 Å². The number of nitrogens with one attached hydrogen (secondary N) is 1. The predicted molar refractivity (Wildman–Crippen MR) is 138 cm³/mol. The summed E-state index contributed by atoms with van der Waals surface area (Å²) >= 11 is 3.82. The number of β-lactam (4-membered cyclic amide) rings is 1. The zero-order chi connectivity index (χ0) is 27.0. The fourth-order valence-corrected chi connectivity index (χ4v) is 6.79. The molecular weight excluding hydrogens is 556 g/mol. The zero-order valence-electron chi connectivity index (χ0n) is 20.2. The molecule has 5 rings (SSSR count). The maximum atomic E-state index is 13.1. The van der Waals surface area contributed by atoms with Crippen molar-refractivity contribution >= 4 is 68.1 Å². The first-order valence-electron chi connectivity index (χ1n) is 11.3. The number of carboxylic acids is 1. The van der Waals surface area contributed by atoms with Crippen LogP contribution in [0.4, 0.5) is 5.13 Å². The molecule has 200 valence electrons. The number of nitrogens with zero attached hydrogens (tertiary/aromatic N) is 6. The third kappa shape index (κ3) is 4.61. The van der Waals surface area contributed by atoms with Crippen molar-refractivity contribution in [3.05, 3.63) is 40.7 Å². The van der Waals surface area contributed by atoms with Crippen LogP contribution in [0.5, 0.6) is 0 Å². The maximum Gasteiger partial charge on any atom is 0.352 e. The highest BCUT2D eigenvalue weighted by molar-refractivity contribution is 8.00. The first-order valence-corrected chi connectivity index (χ1v) is 14.0. The van der Waals surface area contributed by atoms with Crippen molar-refractivity contribution in [1.82, 2.24) is 24.0 Å². The monoisotopic (exact) mass is 579 g/mol. The molecule has 4 N–H and O–H groups in total. The molecule has 0 aliphatic carbocycles. The maximum absolute atomic E-state index is 13.1. The summed E-state index contributed by atoms with van der Waals surface area (Å²) in [7, 11) is 1.59. The van der Waals surface area contributed by atoms with Crippen LogP contribution in [-0.4, -0.2) is 78.1 Å². The molecule has 0 aromatic carbocycles. The second-order valence-electron chi connectivity index (χ2n) is 8.15. The van der Waals surface area contributed by atoms with Gasteiger partial charge in [0.25, 0.3) is 17.6 Å². The van der Waals surface area contributed by atoms with E-state index in [-0.39, 0.29) is 35.5 Å². The largest absolute Gasteiger partial charge is 0.477 e. The molecule has 1 saturated heterocycles. The summed E-state index contributed by atoms with van der Waals surface area (Å²) < 4.78 is 13.3. The number of hydrogen-bond donors (Lipinski definition) is 3. The number of anilines is 1. The third-order valence-corrected chi connectivity index (χ3v) is 8.52. The van der Waals surface area contributed by atoms with Crippen LogP contribution >= 0.6 is 34.6 Å². The van der Waals surface area contributed by atoms with Crippen LogP contribution < -0.4 is 15.6 Å². The SMILES string of the molecule is CCO/N=C(\C(=O)N[C@@H]1C(=O)N2C(C(=O)O)=C(C[n+]3cc4sccn4c3COC)CS[C@H]12)c1nsc(N)n1. The number of nitrogen functional groups attached to an aromatic ring is 1. The lowest BCUT2D eigenvalue weighted by Gasteiger charge is -2.49. The first kappa shape index (κ1) is 26.1. The quantitative estimate of drug-likeness (QED) is 0.129. The van der Waals surface area contributed by atoms with Gasteiger partial charge in [-0.3, -0.25) is 14.5 Å². The van der Waals surface area contributed by atoms with Gasteiger partial charge in [-0.25, -0.2) is 9.36 Å². The summed E-state index contributed by atoms with van der Waals surface area (Å²) in [5.41, 5.74) is 5.91. The molecule has 0 spiro atoms. The van der Waals surface area contributed by atoms with Gasteiger partial charge in [-0.1, -0.05) is 16.5 Å². The van der Waals surface area contributed by atoms with E-state index < -0.39 is 29.2 Å². The van der Waals surface area contributed by atoms with Crippen LogP contribution in [0.15, 0.2) is 34.2 Å². The lowest BCUT2D eigenvalue weighted by Crippen LogP contribution is -2.71.